The molecule has 1 N–H and O–H groups in total. The molecule has 1 aliphatic heterocycles. The van der Waals surface area contributed by atoms with Crippen LogP contribution >= 0.6 is 0 Å². The number of anilines is 1. The van der Waals surface area contributed by atoms with Gasteiger partial charge in [0.25, 0.3) is 5.91 Å². The van der Waals surface area contributed by atoms with Gasteiger partial charge in [-0.3, -0.25) is 4.79 Å². The van der Waals surface area contributed by atoms with E-state index in [0.717, 1.165) is 29.8 Å². The summed E-state index contributed by atoms with van der Waals surface area (Å²) in [5.41, 5.74) is 3.70. The SMILES string of the molecule is COc1ccc([S+]([O-])N2CCC(c3cc(NC(=O)c4cnn5cccnc45)n(-c4ccc(C)cc4)n3)CC2)cc1OC. The fraction of sp³-hybridized carbons (Fsp3) is 0.267. The lowest BCUT2D eigenvalue weighted by molar-refractivity contribution is 0.102. The van der Waals surface area contributed by atoms with Gasteiger partial charge in [-0.05, 0) is 50.1 Å². The quantitative estimate of drug-likeness (QED) is 0.266. The summed E-state index contributed by atoms with van der Waals surface area (Å²) >= 11 is -1.33. The molecule has 0 aliphatic carbocycles. The Hall–Kier alpha value is -4.39. The van der Waals surface area contributed by atoms with Crippen molar-refractivity contribution in [2.45, 2.75) is 30.6 Å². The smallest absolute Gasteiger partial charge is 0.262 e. The lowest BCUT2D eigenvalue weighted by atomic mass is 9.95. The summed E-state index contributed by atoms with van der Waals surface area (Å²) in [6.07, 6.45) is 6.44. The molecule has 0 saturated carbocycles. The number of nitrogens with one attached hydrogen (secondary N) is 1. The number of carbonyl (C=O) groups is 1. The molecule has 1 fully saturated rings. The molecular formula is C30H31N7O4S. The third-order valence-corrected chi connectivity index (χ3v) is 8.93. The number of aromatic nitrogens is 5. The van der Waals surface area contributed by atoms with Crippen LogP contribution in [0.25, 0.3) is 11.3 Å². The average molecular weight is 586 g/mol. The van der Waals surface area contributed by atoms with E-state index in [2.05, 4.69) is 15.4 Å². The number of ether oxygens (including phenoxy) is 2. The number of amides is 1. The van der Waals surface area contributed by atoms with E-state index in [0.29, 0.717) is 46.5 Å². The van der Waals surface area contributed by atoms with E-state index < -0.39 is 11.4 Å². The van der Waals surface area contributed by atoms with Crippen LogP contribution in [0, 0.1) is 6.92 Å². The molecule has 5 aromatic rings. The van der Waals surface area contributed by atoms with Gasteiger partial charge in [-0.25, -0.2) is 14.2 Å². The van der Waals surface area contributed by atoms with E-state index in [1.165, 1.54) is 6.20 Å². The highest BCUT2D eigenvalue weighted by Crippen LogP contribution is 2.35. The number of fused-ring (bicyclic) bond motifs is 1. The van der Waals surface area contributed by atoms with Gasteiger partial charge in [0, 0.05) is 43.5 Å². The predicted octanol–water partition coefficient (Wildman–Crippen LogP) is 4.40. The molecule has 2 aromatic carbocycles. The number of hydrogen-bond acceptors (Lipinski definition) is 8. The van der Waals surface area contributed by atoms with Crippen molar-refractivity contribution < 1.29 is 18.8 Å². The molecule has 3 aromatic heterocycles. The van der Waals surface area contributed by atoms with E-state index in [4.69, 9.17) is 14.6 Å². The van der Waals surface area contributed by atoms with Gasteiger partial charge in [0.05, 0.1) is 43.2 Å². The van der Waals surface area contributed by atoms with E-state index in [-0.39, 0.29) is 11.8 Å². The topological polar surface area (TPSA) is 122 Å². The maximum atomic E-state index is 13.4. The first kappa shape index (κ1) is 27.8. The maximum Gasteiger partial charge on any atom is 0.262 e. The van der Waals surface area contributed by atoms with E-state index in [1.807, 2.05) is 41.6 Å². The lowest BCUT2D eigenvalue weighted by Crippen LogP contribution is -2.38. The highest BCUT2D eigenvalue weighted by molar-refractivity contribution is 7.89. The number of carbonyl (C=O) groups excluding carboxylic acids is 1. The van der Waals surface area contributed by atoms with Crippen LogP contribution in [0.5, 0.6) is 11.5 Å². The molecule has 1 atom stereocenters. The first-order chi connectivity index (χ1) is 20.4. The van der Waals surface area contributed by atoms with Crippen molar-refractivity contribution in [1.82, 2.24) is 28.7 Å². The third-order valence-electron chi connectivity index (χ3n) is 7.44. The van der Waals surface area contributed by atoms with E-state index >= 15 is 0 Å². The number of piperidine rings is 1. The highest BCUT2D eigenvalue weighted by Gasteiger charge is 2.32. The molecule has 1 unspecified atom stereocenters. The molecule has 11 nitrogen and oxygen atoms in total. The molecular weight excluding hydrogens is 554 g/mol. The highest BCUT2D eigenvalue weighted by atomic mass is 32.2. The monoisotopic (exact) mass is 585 g/mol. The minimum atomic E-state index is -1.33. The first-order valence-electron chi connectivity index (χ1n) is 13.6. The molecule has 1 amide bonds. The number of aryl methyl sites for hydroxylation is 1. The maximum absolute atomic E-state index is 13.4. The number of hydrogen-bond donors (Lipinski definition) is 1. The van der Waals surface area contributed by atoms with Crippen molar-refractivity contribution in [1.29, 1.82) is 0 Å². The Bertz CT molecular complexity index is 1710. The normalized spacial score (nSPS) is 15.0. The van der Waals surface area contributed by atoms with Gasteiger partial charge >= 0.3 is 0 Å². The minimum absolute atomic E-state index is 0.143. The van der Waals surface area contributed by atoms with Crippen LogP contribution in [0.1, 0.15) is 40.4 Å². The summed E-state index contributed by atoms with van der Waals surface area (Å²) in [6.45, 7) is 3.30. The summed E-state index contributed by atoms with van der Waals surface area (Å²) in [5, 5.41) is 12.2. The van der Waals surface area contributed by atoms with Crippen LogP contribution < -0.4 is 14.8 Å². The predicted molar refractivity (Wildman–Crippen MR) is 159 cm³/mol. The summed E-state index contributed by atoms with van der Waals surface area (Å²) in [4.78, 5) is 18.3. The summed E-state index contributed by atoms with van der Waals surface area (Å²) < 4.78 is 29.4. The minimum Gasteiger partial charge on any atom is -0.593 e. The molecule has 216 valence electrons. The second-order valence-corrected chi connectivity index (χ2v) is 11.6. The van der Waals surface area contributed by atoms with Crippen LogP contribution in [0.4, 0.5) is 5.82 Å². The standard InChI is InChI=1S/C30H31N7O4S/c1-20-5-7-22(8-6-20)37-28(33-30(38)24-19-32-36-14-4-13-31-29(24)36)18-25(34-37)21-11-15-35(16-12-21)42(39)23-9-10-26(40-2)27(17-23)41-3/h4-10,13-14,17-19,21H,11-12,15-16H2,1-3H3,(H,33,38). The number of benzene rings is 2. The largest absolute Gasteiger partial charge is 0.593 e. The fourth-order valence-electron chi connectivity index (χ4n) is 5.13. The van der Waals surface area contributed by atoms with Gasteiger partial charge in [0.1, 0.15) is 11.4 Å². The van der Waals surface area contributed by atoms with Crippen LogP contribution in [0.3, 0.4) is 0 Å². The fourth-order valence-corrected chi connectivity index (χ4v) is 6.37. The third kappa shape index (κ3) is 5.43. The molecule has 6 rings (SSSR count). The Morgan fingerprint density at radius 2 is 1.81 bits per heavy atom. The molecule has 1 aliphatic rings. The van der Waals surface area contributed by atoms with Crippen molar-refractivity contribution in [3.8, 4) is 17.2 Å². The van der Waals surface area contributed by atoms with E-state index in [9.17, 15) is 9.35 Å². The van der Waals surface area contributed by atoms with Crippen LogP contribution in [-0.4, -0.2) is 66.5 Å². The van der Waals surface area contributed by atoms with Gasteiger partial charge < -0.3 is 19.3 Å². The van der Waals surface area contributed by atoms with Gasteiger partial charge in [-0.15, -0.1) is 4.31 Å². The molecule has 0 radical (unpaired) electrons. The molecule has 12 heteroatoms. The van der Waals surface area contributed by atoms with Gasteiger partial charge in [-0.2, -0.15) is 10.2 Å². The lowest BCUT2D eigenvalue weighted by Gasteiger charge is -2.31. The van der Waals surface area contributed by atoms with Gasteiger partial charge in [-0.1, -0.05) is 17.7 Å². The molecule has 1 saturated heterocycles. The van der Waals surface area contributed by atoms with Crippen molar-refractivity contribution in [3.63, 3.8) is 0 Å². The second-order valence-electron chi connectivity index (χ2n) is 10.1. The number of rotatable bonds is 8. The van der Waals surface area contributed by atoms with Crippen molar-refractivity contribution in [2.75, 3.05) is 32.6 Å². The summed E-state index contributed by atoms with van der Waals surface area (Å²) in [5.74, 6) is 1.54. The van der Waals surface area contributed by atoms with Crippen molar-refractivity contribution >= 4 is 28.7 Å². The molecule has 0 bridgehead atoms. The summed E-state index contributed by atoms with van der Waals surface area (Å²) in [7, 11) is 3.14. The molecule has 4 heterocycles. The number of methoxy groups -OCH3 is 2. The molecule has 42 heavy (non-hydrogen) atoms. The van der Waals surface area contributed by atoms with Gasteiger partial charge in [0.2, 0.25) is 0 Å². The molecule has 0 spiro atoms. The number of nitrogens with zero attached hydrogens (tertiary/aromatic N) is 6. The van der Waals surface area contributed by atoms with Crippen LogP contribution in [0.2, 0.25) is 0 Å². The Kier molecular flexibility index (Phi) is 7.83. The zero-order valence-electron chi connectivity index (χ0n) is 23.6. The van der Waals surface area contributed by atoms with Crippen molar-refractivity contribution in [3.05, 3.63) is 90.0 Å². The first-order valence-corrected chi connectivity index (χ1v) is 14.7. The Morgan fingerprint density at radius 3 is 2.55 bits per heavy atom. The summed E-state index contributed by atoms with van der Waals surface area (Å²) in [6, 6.07) is 17.0. The zero-order valence-corrected chi connectivity index (χ0v) is 24.4. The van der Waals surface area contributed by atoms with Crippen LogP contribution in [0.15, 0.2) is 78.1 Å². The second kappa shape index (κ2) is 11.8. The van der Waals surface area contributed by atoms with Crippen molar-refractivity contribution in [2.24, 2.45) is 0 Å². The Labute approximate surface area is 246 Å². The van der Waals surface area contributed by atoms with Crippen LogP contribution in [-0.2, 0) is 11.4 Å². The zero-order chi connectivity index (χ0) is 29.2. The van der Waals surface area contributed by atoms with E-state index in [1.54, 1.807) is 60.1 Å². The van der Waals surface area contributed by atoms with Gasteiger partial charge in [0.15, 0.2) is 22.0 Å². The Morgan fingerprint density at radius 1 is 1.05 bits per heavy atom. The average Bonchev–Trinajstić information content (AvgIpc) is 3.65. The Balaban J connectivity index is 1.22.